The largest absolute Gasteiger partial charge is 0.497 e. The van der Waals surface area contributed by atoms with Crippen molar-refractivity contribution in [2.45, 2.75) is 11.8 Å². The number of halogens is 1. The number of nitrogens with zero attached hydrogens (tertiary/aromatic N) is 1. The third-order valence-corrected chi connectivity index (χ3v) is 6.71. The van der Waals surface area contributed by atoms with Gasteiger partial charge in [-0.2, -0.15) is 0 Å². The van der Waals surface area contributed by atoms with Crippen molar-refractivity contribution in [2.24, 2.45) is 0 Å². The van der Waals surface area contributed by atoms with E-state index in [1.54, 1.807) is 43.3 Å². The summed E-state index contributed by atoms with van der Waals surface area (Å²) in [6, 6.07) is 18.2. The molecule has 0 aliphatic carbocycles. The van der Waals surface area contributed by atoms with Gasteiger partial charge in [0.05, 0.1) is 29.9 Å². The summed E-state index contributed by atoms with van der Waals surface area (Å²) >= 11 is 6.08. The van der Waals surface area contributed by atoms with Crippen LogP contribution in [-0.4, -0.2) is 40.6 Å². The first-order valence-corrected chi connectivity index (χ1v) is 12.1. The molecule has 0 saturated carbocycles. The zero-order chi connectivity index (χ0) is 24.7. The summed E-state index contributed by atoms with van der Waals surface area (Å²) in [5, 5.41) is 2.94. The van der Waals surface area contributed by atoms with Gasteiger partial charge in [-0.25, -0.2) is 13.2 Å². The predicted octanol–water partition coefficient (Wildman–Crippen LogP) is 4.36. The first kappa shape index (κ1) is 25.1. The van der Waals surface area contributed by atoms with Crippen LogP contribution in [0.3, 0.4) is 0 Å². The number of hydrogen-bond acceptors (Lipinski definition) is 6. The maximum atomic E-state index is 13.4. The molecule has 1 N–H and O–H groups in total. The van der Waals surface area contributed by atoms with E-state index < -0.39 is 28.4 Å². The number of hydrogen-bond donors (Lipinski definition) is 1. The molecular formula is C24H23ClN2O6S. The molecule has 8 nitrogen and oxygen atoms in total. The highest BCUT2D eigenvalue weighted by Gasteiger charge is 2.27. The summed E-state index contributed by atoms with van der Waals surface area (Å²) in [5.74, 6) is -0.646. The van der Waals surface area contributed by atoms with Crippen LogP contribution in [-0.2, 0) is 19.6 Å². The standard InChI is InChI=1S/C24H23ClN2O6S/c1-3-33-24(29)17-6-4-8-19(14-17)26-23(28)16-27(20-9-5-7-18(25)15-20)34(30,31)22-12-10-21(32-2)11-13-22/h4-15H,3,16H2,1-2H3,(H,26,28). The van der Waals surface area contributed by atoms with E-state index in [2.05, 4.69) is 5.32 Å². The van der Waals surface area contributed by atoms with E-state index in [1.807, 2.05) is 0 Å². The lowest BCUT2D eigenvalue weighted by Crippen LogP contribution is -2.38. The van der Waals surface area contributed by atoms with Crippen LogP contribution in [0.2, 0.25) is 5.02 Å². The van der Waals surface area contributed by atoms with Crippen LogP contribution in [0.5, 0.6) is 5.75 Å². The van der Waals surface area contributed by atoms with E-state index >= 15 is 0 Å². The summed E-state index contributed by atoms with van der Waals surface area (Å²) < 4.78 is 37.9. The van der Waals surface area contributed by atoms with E-state index in [0.29, 0.717) is 16.5 Å². The molecule has 0 aromatic heterocycles. The van der Waals surface area contributed by atoms with Crippen LogP contribution in [0, 0.1) is 0 Å². The number of amides is 1. The number of benzene rings is 3. The Kier molecular flexibility index (Phi) is 8.14. The highest BCUT2D eigenvalue weighted by Crippen LogP contribution is 2.27. The van der Waals surface area contributed by atoms with Crippen molar-refractivity contribution in [3.63, 3.8) is 0 Å². The van der Waals surface area contributed by atoms with Crippen LogP contribution in [0.25, 0.3) is 0 Å². The topological polar surface area (TPSA) is 102 Å². The minimum absolute atomic E-state index is 0.0228. The SMILES string of the molecule is CCOC(=O)c1cccc(NC(=O)CN(c2cccc(Cl)c2)S(=O)(=O)c2ccc(OC)cc2)c1. The van der Waals surface area contributed by atoms with Gasteiger partial charge in [0.15, 0.2) is 0 Å². The maximum absolute atomic E-state index is 13.4. The average Bonchev–Trinajstić information content (AvgIpc) is 2.83. The van der Waals surface area contributed by atoms with Crippen molar-refractivity contribution in [1.82, 2.24) is 0 Å². The van der Waals surface area contributed by atoms with Gasteiger partial charge in [0.2, 0.25) is 5.91 Å². The summed E-state index contributed by atoms with van der Waals surface area (Å²) in [6.07, 6.45) is 0. The molecule has 3 aromatic rings. The minimum Gasteiger partial charge on any atom is -0.497 e. The van der Waals surface area contributed by atoms with Gasteiger partial charge >= 0.3 is 5.97 Å². The molecule has 0 fully saturated rings. The summed E-state index contributed by atoms with van der Waals surface area (Å²) in [4.78, 5) is 24.8. The van der Waals surface area contributed by atoms with Crippen LogP contribution >= 0.6 is 11.6 Å². The zero-order valence-electron chi connectivity index (χ0n) is 18.5. The van der Waals surface area contributed by atoms with Crippen LogP contribution in [0.1, 0.15) is 17.3 Å². The van der Waals surface area contributed by atoms with Crippen LogP contribution < -0.4 is 14.4 Å². The number of methoxy groups -OCH3 is 1. The van der Waals surface area contributed by atoms with Gasteiger partial charge in [-0.1, -0.05) is 23.7 Å². The van der Waals surface area contributed by atoms with E-state index in [1.165, 1.54) is 43.5 Å². The van der Waals surface area contributed by atoms with Crippen LogP contribution in [0.15, 0.2) is 77.7 Å². The van der Waals surface area contributed by atoms with Crippen molar-refractivity contribution in [3.05, 3.63) is 83.4 Å². The number of sulfonamides is 1. The zero-order valence-corrected chi connectivity index (χ0v) is 20.1. The van der Waals surface area contributed by atoms with E-state index in [0.717, 1.165) is 4.31 Å². The predicted molar refractivity (Wildman–Crippen MR) is 130 cm³/mol. The van der Waals surface area contributed by atoms with Crippen molar-refractivity contribution < 1.29 is 27.5 Å². The Morgan fingerprint density at radius 3 is 2.35 bits per heavy atom. The first-order valence-electron chi connectivity index (χ1n) is 10.2. The van der Waals surface area contributed by atoms with Crippen molar-refractivity contribution in [2.75, 3.05) is 29.9 Å². The smallest absolute Gasteiger partial charge is 0.338 e. The number of carbonyl (C=O) groups is 2. The number of carbonyl (C=O) groups excluding carboxylic acids is 2. The van der Waals surface area contributed by atoms with E-state index in [-0.39, 0.29) is 22.8 Å². The lowest BCUT2D eigenvalue weighted by molar-refractivity contribution is -0.114. The lowest BCUT2D eigenvalue weighted by atomic mass is 10.2. The Labute approximate surface area is 203 Å². The first-order chi connectivity index (χ1) is 16.2. The molecule has 0 aliphatic heterocycles. The molecule has 0 atom stereocenters. The molecule has 0 heterocycles. The summed E-state index contributed by atoms with van der Waals surface area (Å²) in [5.41, 5.74) is 0.805. The third-order valence-electron chi connectivity index (χ3n) is 4.69. The molecule has 0 radical (unpaired) electrons. The molecule has 34 heavy (non-hydrogen) atoms. The fourth-order valence-electron chi connectivity index (χ4n) is 3.09. The van der Waals surface area contributed by atoms with Gasteiger partial charge in [-0.3, -0.25) is 9.10 Å². The normalized spacial score (nSPS) is 10.9. The Morgan fingerprint density at radius 2 is 1.71 bits per heavy atom. The van der Waals surface area contributed by atoms with Gasteiger partial charge in [0, 0.05) is 10.7 Å². The molecule has 0 spiro atoms. The van der Waals surface area contributed by atoms with Gasteiger partial charge in [0.1, 0.15) is 12.3 Å². The molecular weight excluding hydrogens is 480 g/mol. The molecule has 3 aromatic carbocycles. The maximum Gasteiger partial charge on any atom is 0.338 e. The summed E-state index contributed by atoms with van der Waals surface area (Å²) in [7, 11) is -2.65. The van der Waals surface area contributed by atoms with Gasteiger partial charge in [0.25, 0.3) is 10.0 Å². The average molecular weight is 503 g/mol. The number of nitrogens with one attached hydrogen (secondary N) is 1. The molecule has 0 unspecified atom stereocenters. The van der Waals surface area contributed by atoms with Gasteiger partial charge in [-0.15, -0.1) is 0 Å². The lowest BCUT2D eigenvalue weighted by Gasteiger charge is -2.24. The molecule has 3 rings (SSSR count). The monoisotopic (exact) mass is 502 g/mol. The highest BCUT2D eigenvalue weighted by molar-refractivity contribution is 7.92. The van der Waals surface area contributed by atoms with Gasteiger partial charge < -0.3 is 14.8 Å². The number of rotatable bonds is 9. The molecule has 178 valence electrons. The molecule has 0 aliphatic rings. The van der Waals surface area contributed by atoms with Crippen molar-refractivity contribution in [3.8, 4) is 5.75 Å². The molecule has 1 amide bonds. The third kappa shape index (κ3) is 6.06. The number of anilines is 2. The second-order valence-electron chi connectivity index (χ2n) is 7.02. The second-order valence-corrected chi connectivity index (χ2v) is 9.32. The Hall–Kier alpha value is -3.56. The van der Waals surface area contributed by atoms with E-state index in [4.69, 9.17) is 21.1 Å². The fourth-order valence-corrected chi connectivity index (χ4v) is 4.69. The Bertz CT molecular complexity index is 1280. The fraction of sp³-hybridized carbons (Fsp3) is 0.167. The highest BCUT2D eigenvalue weighted by atomic mass is 35.5. The van der Waals surface area contributed by atoms with Crippen molar-refractivity contribution in [1.29, 1.82) is 0 Å². The molecule has 0 bridgehead atoms. The molecule has 10 heteroatoms. The molecule has 0 saturated heterocycles. The number of esters is 1. The quantitative estimate of drug-likeness (QED) is 0.436. The Balaban J connectivity index is 1.90. The van der Waals surface area contributed by atoms with Crippen LogP contribution in [0.4, 0.5) is 11.4 Å². The van der Waals surface area contributed by atoms with Crippen molar-refractivity contribution >= 4 is 44.9 Å². The van der Waals surface area contributed by atoms with E-state index in [9.17, 15) is 18.0 Å². The number of ether oxygens (including phenoxy) is 2. The Morgan fingerprint density at radius 1 is 1.00 bits per heavy atom. The van der Waals surface area contributed by atoms with Gasteiger partial charge in [-0.05, 0) is 67.6 Å². The minimum atomic E-state index is -4.13. The summed E-state index contributed by atoms with van der Waals surface area (Å²) in [6.45, 7) is 1.38. The second kappa shape index (κ2) is 11.0.